The van der Waals surface area contributed by atoms with Gasteiger partial charge < -0.3 is 10.0 Å². The Morgan fingerprint density at radius 2 is 2.05 bits per heavy atom. The molecule has 0 aromatic heterocycles. The van der Waals surface area contributed by atoms with Gasteiger partial charge in [-0.2, -0.15) is 0 Å². The van der Waals surface area contributed by atoms with Gasteiger partial charge in [-0.15, -0.1) is 0 Å². The molecule has 0 saturated carbocycles. The summed E-state index contributed by atoms with van der Waals surface area (Å²) in [7, 11) is 0. The number of carbonyl (C=O) groups excluding carboxylic acids is 1. The number of halogens is 1. The van der Waals surface area contributed by atoms with Crippen LogP contribution >= 0.6 is 11.6 Å². The average Bonchev–Trinajstić information content (AvgIpc) is 2.91. The second-order valence-corrected chi connectivity index (χ2v) is 6.16. The van der Waals surface area contributed by atoms with E-state index in [9.17, 15) is 9.59 Å². The Morgan fingerprint density at radius 3 is 2.67 bits per heavy atom. The predicted molar refractivity (Wildman–Crippen MR) is 81.3 cm³/mol. The summed E-state index contributed by atoms with van der Waals surface area (Å²) >= 11 is 5.85. The van der Waals surface area contributed by atoms with E-state index in [2.05, 4.69) is 0 Å². The minimum Gasteiger partial charge on any atom is -0.480 e. The molecule has 1 amide bonds. The molecule has 1 aliphatic rings. The van der Waals surface area contributed by atoms with Crippen LogP contribution in [0.15, 0.2) is 24.3 Å². The average molecular weight is 310 g/mol. The van der Waals surface area contributed by atoms with Gasteiger partial charge in [-0.25, -0.2) is 4.79 Å². The standard InChI is InChI=1S/C16H20ClNO3/c1-11(9-12-4-6-13(17)7-5-12)10-15(19)18-8-2-3-14(18)16(20)21/h4-7,11,14H,2-3,8-10H2,1H3,(H,20,21)/t11?,14-/m0/s1. The third kappa shape index (κ3) is 4.21. The number of aliphatic carboxylic acids is 1. The molecule has 0 radical (unpaired) electrons. The van der Waals surface area contributed by atoms with Crippen LogP contribution in [0.5, 0.6) is 0 Å². The van der Waals surface area contributed by atoms with E-state index in [1.165, 1.54) is 4.90 Å². The number of amides is 1. The summed E-state index contributed by atoms with van der Waals surface area (Å²) in [5, 5.41) is 9.82. The largest absolute Gasteiger partial charge is 0.480 e. The number of rotatable bonds is 5. The van der Waals surface area contributed by atoms with Gasteiger partial charge in [-0.05, 0) is 42.9 Å². The first-order chi connectivity index (χ1) is 9.97. The summed E-state index contributed by atoms with van der Waals surface area (Å²) in [6.45, 7) is 2.57. The highest BCUT2D eigenvalue weighted by Gasteiger charge is 2.34. The van der Waals surface area contributed by atoms with E-state index < -0.39 is 12.0 Å². The van der Waals surface area contributed by atoms with Crippen molar-refractivity contribution in [3.05, 3.63) is 34.9 Å². The molecule has 1 saturated heterocycles. The molecule has 2 rings (SSSR count). The first-order valence-electron chi connectivity index (χ1n) is 7.24. The van der Waals surface area contributed by atoms with Crippen molar-refractivity contribution in [1.29, 1.82) is 0 Å². The van der Waals surface area contributed by atoms with Crippen LogP contribution in [0.1, 0.15) is 31.7 Å². The van der Waals surface area contributed by atoms with Gasteiger partial charge in [0.1, 0.15) is 6.04 Å². The molecule has 4 nitrogen and oxygen atoms in total. The topological polar surface area (TPSA) is 57.6 Å². The van der Waals surface area contributed by atoms with E-state index in [0.29, 0.717) is 24.4 Å². The van der Waals surface area contributed by atoms with Gasteiger partial charge >= 0.3 is 5.97 Å². The normalized spacial score (nSPS) is 19.5. The quantitative estimate of drug-likeness (QED) is 0.909. The van der Waals surface area contributed by atoms with Gasteiger partial charge in [0.2, 0.25) is 5.91 Å². The number of nitrogens with zero attached hydrogens (tertiary/aromatic N) is 1. The van der Waals surface area contributed by atoms with E-state index in [0.717, 1.165) is 18.4 Å². The summed E-state index contributed by atoms with van der Waals surface area (Å²) in [5.41, 5.74) is 1.14. The Bertz CT molecular complexity index is 515. The molecule has 0 bridgehead atoms. The van der Waals surface area contributed by atoms with Crippen molar-refractivity contribution in [2.24, 2.45) is 5.92 Å². The molecular formula is C16H20ClNO3. The molecule has 21 heavy (non-hydrogen) atoms. The highest BCUT2D eigenvalue weighted by molar-refractivity contribution is 6.30. The molecular weight excluding hydrogens is 290 g/mol. The Hall–Kier alpha value is -1.55. The predicted octanol–water partition coefficient (Wildman–Crippen LogP) is 2.98. The maximum Gasteiger partial charge on any atom is 0.326 e. The number of likely N-dealkylation sites (tertiary alicyclic amines) is 1. The van der Waals surface area contributed by atoms with Crippen LogP contribution in [0.3, 0.4) is 0 Å². The van der Waals surface area contributed by atoms with Crippen molar-refractivity contribution in [3.8, 4) is 0 Å². The number of carboxylic acids is 1. The van der Waals surface area contributed by atoms with Crippen LogP contribution in [0, 0.1) is 5.92 Å². The van der Waals surface area contributed by atoms with Gasteiger partial charge in [0.15, 0.2) is 0 Å². The van der Waals surface area contributed by atoms with E-state index in [1.54, 1.807) is 0 Å². The first kappa shape index (κ1) is 15.8. The molecule has 5 heteroatoms. The van der Waals surface area contributed by atoms with Crippen LogP contribution in [0.4, 0.5) is 0 Å². The highest BCUT2D eigenvalue weighted by Crippen LogP contribution is 2.21. The van der Waals surface area contributed by atoms with Crippen LogP contribution in [0.2, 0.25) is 5.02 Å². The highest BCUT2D eigenvalue weighted by atomic mass is 35.5. The lowest BCUT2D eigenvalue weighted by Gasteiger charge is -2.23. The van der Waals surface area contributed by atoms with Crippen LogP contribution in [-0.2, 0) is 16.0 Å². The molecule has 1 aliphatic heterocycles. The van der Waals surface area contributed by atoms with Crippen molar-refractivity contribution in [3.63, 3.8) is 0 Å². The molecule has 1 unspecified atom stereocenters. The maximum absolute atomic E-state index is 12.3. The first-order valence-corrected chi connectivity index (χ1v) is 7.62. The monoisotopic (exact) mass is 309 g/mol. The Balaban J connectivity index is 1.90. The zero-order chi connectivity index (χ0) is 15.4. The molecule has 0 aliphatic carbocycles. The zero-order valence-corrected chi connectivity index (χ0v) is 12.8. The number of hydrogen-bond acceptors (Lipinski definition) is 2. The minimum absolute atomic E-state index is 0.0543. The minimum atomic E-state index is -0.897. The Morgan fingerprint density at radius 1 is 1.38 bits per heavy atom. The van der Waals surface area contributed by atoms with Gasteiger partial charge in [0.25, 0.3) is 0 Å². The Labute approximate surface area is 129 Å². The van der Waals surface area contributed by atoms with Crippen molar-refractivity contribution < 1.29 is 14.7 Å². The van der Waals surface area contributed by atoms with Crippen LogP contribution < -0.4 is 0 Å². The lowest BCUT2D eigenvalue weighted by Crippen LogP contribution is -2.41. The van der Waals surface area contributed by atoms with Gasteiger partial charge in [0.05, 0.1) is 0 Å². The summed E-state index contributed by atoms with van der Waals surface area (Å²) in [6.07, 6.45) is 2.50. The molecule has 1 aromatic rings. The second kappa shape index (κ2) is 6.94. The lowest BCUT2D eigenvalue weighted by molar-refractivity contribution is -0.148. The zero-order valence-electron chi connectivity index (χ0n) is 12.1. The fourth-order valence-corrected chi connectivity index (χ4v) is 2.96. The molecule has 1 aromatic carbocycles. The third-order valence-electron chi connectivity index (χ3n) is 3.88. The van der Waals surface area contributed by atoms with Gasteiger partial charge in [-0.3, -0.25) is 4.79 Å². The van der Waals surface area contributed by atoms with E-state index >= 15 is 0 Å². The van der Waals surface area contributed by atoms with Gasteiger partial charge in [0, 0.05) is 18.0 Å². The molecule has 1 fully saturated rings. The number of benzene rings is 1. The van der Waals surface area contributed by atoms with Crippen LogP contribution in [-0.4, -0.2) is 34.5 Å². The summed E-state index contributed by atoms with van der Waals surface area (Å²) in [4.78, 5) is 24.9. The van der Waals surface area contributed by atoms with Crippen molar-refractivity contribution in [1.82, 2.24) is 4.90 Å². The molecule has 114 valence electrons. The van der Waals surface area contributed by atoms with Crippen LogP contribution in [0.25, 0.3) is 0 Å². The molecule has 1 heterocycles. The van der Waals surface area contributed by atoms with Crippen molar-refractivity contribution in [2.45, 2.75) is 38.6 Å². The number of carbonyl (C=O) groups is 2. The smallest absolute Gasteiger partial charge is 0.326 e. The molecule has 1 N–H and O–H groups in total. The van der Waals surface area contributed by atoms with Crippen molar-refractivity contribution >= 4 is 23.5 Å². The molecule has 0 spiro atoms. The lowest BCUT2D eigenvalue weighted by atomic mass is 9.97. The fraction of sp³-hybridized carbons (Fsp3) is 0.500. The number of hydrogen-bond donors (Lipinski definition) is 1. The summed E-state index contributed by atoms with van der Waals surface area (Å²) < 4.78 is 0. The Kier molecular flexibility index (Phi) is 5.23. The third-order valence-corrected chi connectivity index (χ3v) is 4.13. The van der Waals surface area contributed by atoms with Gasteiger partial charge in [-0.1, -0.05) is 30.7 Å². The van der Waals surface area contributed by atoms with E-state index in [1.807, 2.05) is 31.2 Å². The summed E-state index contributed by atoms with van der Waals surface area (Å²) in [5.74, 6) is -0.777. The molecule has 2 atom stereocenters. The summed E-state index contributed by atoms with van der Waals surface area (Å²) in [6, 6.07) is 6.96. The van der Waals surface area contributed by atoms with E-state index in [-0.39, 0.29) is 11.8 Å². The maximum atomic E-state index is 12.3. The SMILES string of the molecule is CC(CC(=O)N1CCC[C@H]1C(=O)O)Cc1ccc(Cl)cc1. The van der Waals surface area contributed by atoms with Crippen molar-refractivity contribution in [2.75, 3.05) is 6.54 Å². The number of carboxylic acid groups (broad SMARTS) is 1. The van der Waals surface area contributed by atoms with E-state index in [4.69, 9.17) is 16.7 Å². The fourth-order valence-electron chi connectivity index (χ4n) is 2.83. The second-order valence-electron chi connectivity index (χ2n) is 5.72.